The van der Waals surface area contributed by atoms with Crippen molar-refractivity contribution in [2.75, 3.05) is 24.3 Å². The van der Waals surface area contributed by atoms with Crippen LogP contribution in [0.1, 0.15) is 5.56 Å². The zero-order valence-electron chi connectivity index (χ0n) is 11.4. The van der Waals surface area contributed by atoms with E-state index in [9.17, 15) is 0 Å². The van der Waals surface area contributed by atoms with E-state index in [2.05, 4.69) is 38.3 Å². The Hall–Kier alpha value is -1.59. The lowest BCUT2D eigenvalue weighted by atomic mass is 10.1. The molecule has 20 heavy (non-hydrogen) atoms. The van der Waals surface area contributed by atoms with Gasteiger partial charge in [0.2, 0.25) is 0 Å². The summed E-state index contributed by atoms with van der Waals surface area (Å²) in [5.41, 5.74) is 9.62. The largest absolute Gasteiger partial charge is 0.389 e. The minimum absolute atomic E-state index is 0.380. The summed E-state index contributed by atoms with van der Waals surface area (Å²) in [7, 11) is 4.03. The summed E-state index contributed by atoms with van der Waals surface area (Å²) < 4.78 is 0.977. The van der Waals surface area contributed by atoms with E-state index in [1.165, 1.54) is 0 Å². The summed E-state index contributed by atoms with van der Waals surface area (Å²) in [5.74, 6) is 0. The molecule has 104 valence electrons. The lowest BCUT2D eigenvalue weighted by Crippen LogP contribution is -2.12. The zero-order chi connectivity index (χ0) is 14.7. The van der Waals surface area contributed by atoms with Gasteiger partial charge in [-0.1, -0.05) is 28.1 Å². The van der Waals surface area contributed by atoms with Crippen molar-refractivity contribution >= 4 is 50.2 Å². The fraction of sp³-hybridized carbons (Fsp3) is 0.133. The van der Waals surface area contributed by atoms with Crippen LogP contribution in [-0.4, -0.2) is 19.1 Å². The molecule has 3 nitrogen and oxygen atoms in total. The number of nitrogens with zero attached hydrogens (tertiary/aromatic N) is 1. The van der Waals surface area contributed by atoms with Crippen LogP contribution in [0.2, 0.25) is 0 Å². The molecule has 0 aliphatic heterocycles. The number of halogens is 1. The first kappa shape index (κ1) is 14.8. The van der Waals surface area contributed by atoms with E-state index in [-0.39, 0.29) is 0 Å². The van der Waals surface area contributed by atoms with E-state index in [1.54, 1.807) is 0 Å². The van der Waals surface area contributed by atoms with Crippen molar-refractivity contribution in [2.24, 2.45) is 5.73 Å². The van der Waals surface area contributed by atoms with Gasteiger partial charge >= 0.3 is 0 Å². The van der Waals surface area contributed by atoms with Crippen LogP contribution >= 0.6 is 28.1 Å². The van der Waals surface area contributed by atoms with Gasteiger partial charge in [0.1, 0.15) is 4.99 Å². The maximum absolute atomic E-state index is 5.75. The molecule has 0 aromatic heterocycles. The second-order valence-corrected chi connectivity index (χ2v) is 5.98. The fourth-order valence-corrected chi connectivity index (χ4v) is 2.37. The quantitative estimate of drug-likeness (QED) is 0.821. The van der Waals surface area contributed by atoms with Gasteiger partial charge in [-0.05, 0) is 42.5 Å². The Kier molecular flexibility index (Phi) is 4.62. The average Bonchev–Trinajstić information content (AvgIpc) is 2.39. The van der Waals surface area contributed by atoms with Crippen LogP contribution < -0.4 is 16.0 Å². The van der Waals surface area contributed by atoms with Crippen LogP contribution in [-0.2, 0) is 0 Å². The summed E-state index contributed by atoms with van der Waals surface area (Å²) in [6.45, 7) is 0. The third-order valence-corrected chi connectivity index (χ3v) is 3.62. The van der Waals surface area contributed by atoms with E-state index in [1.807, 2.05) is 44.4 Å². The summed E-state index contributed by atoms with van der Waals surface area (Å²) in [5, 5.41) is 3.34. The number of thiocarbonyl (C=S) groups is 1. The van der Waals surface area contributed by atoms with Crippen LogP contribution in [0.25, 0.3) is 0 Å². The van der Waals surface area contributed by atoms with E-state index in [0.717, 1.165) is 27.1 Å². The molecule has 0 aliphatic rings. The Balaban J connectivity index is 2.29. The number of hydrogen-bond acceptors (Lipinski definition) is 3. The third-order valence-electron chi connectivity index (χ3n) is 2.91. The number of anilines is 3. The lowest BCUT2D eigenvalue weighted by Gasteiger charge is -2.15. The van der Waals surface area contributed by atoms with E-state index >= 15 is 0 Å². The van der Waals surface area contributed by atoms with E-state index in [0.29, 0.717) is 4.99 Å². The number of rotatable bonds is 4. The lowest BCUT2D eigenvalue weighted by molar-refractivity contribution is 1.13. The molecular weight excluding hydrogens is 334 g/mol. The molecule has 0 amide bonds. The second kappa shape index (κ2) is 6.24. The summed E-state index contributed by atoms with van der Waals surface area (Å²) in [6, 6.07) is 14.0. The monoisotopic (exact) mass is 349 g/mol. The predicted octanol–water partition coefficient (Wildman–Crippen LogP) is 3.89. The molecule has 0 heterocycles. The predicted molar refractivity (Wildman–Crippen MR) is 94.1 cm³/mol. The Morgan fingerprint density at radius 3 is 2.35 bits per heavy atom. The molecule has 0 spiro atoms. The van der Waals surface area contributed by atoms with Gasteiger partial charge in [-0.15, -0.1) is 0 Å². The maximum Gasteiger partial charge on any atom is 0.106 e. The van der Waals surface area contributed by atoms with Crippen molar-refractivity contribution in [1.29, 1.82) is 0 Å². The maximum atomic E-state index is 5.75. The van der Waals surface area contributed by atoms with Gasteiger partial charge in [0.05, 0.1) is 0 Å². The van der Waals surface area contributed by atoms with Gasteiger partial charge in [-0.2, -0.15) is 0 Å². The molecule has 0 unspecified atom stereocenters. The van der Waals surface area contributed by atoms with Gasteiger partial charge in [0.15, 0.2) is 0 Å². The fourth-order valence-electron chi connectivity index (χ4n) is 1.83. The van der Waals surface area contributed by atoms with Gasteiger partial charge < -0.3 is 16.0 Å². The molecule has 0 aliphatic carbocycles. The van der Waals surface area contributed by atoms with Crippen LogP contribution in [0, 0.1) is 0 Å². The standard InChI is InChI=1S/C15H16BrN3S/c1-19(2)12-6-4-11(5-7-12)18-14-9-10(16)3-8-13(14)15(17)20/h3-9,18H,1-2H3,(H2,17,20). The molecule has 2 aromatic carbocycles. The number of nitrogens with one attached hydrogen (secondary N) is 1. The highest BCUT2D eigenvalue weighted by molar-refractivity contribution is 9.10. The second-order valence-electron chi connectivity index (χ2n) is 4.62. The van der Waals surface area contributed by atoms with Gasteiger partial charge in [-0.3, -0.25) is 0 Å². The van der Waals surface area contributed by atoms with Gasteiger partial charge in [-0.25, -0.2) is 0 Å². The van der Waals surface area contributed by atoms with E-state index < -0.39 is 0 Å². The van der Waals surface area contributed by atoms with Crippen LogP contribution in [0.4, 0.5) is 17.1 Å². The highest BCUT2D eigenvalue weighted by Crippen LogP contribution is 2.26. The molecule has 2 aromatic rings. The van der Waals surface area contributed by atoms with E-state index in [4.69, 9.17) is 18.0 Å². The van der Waals surface area contributed by atoms with Crippen molar-refractivity contribution in [2.45, 2.75) is 0 Å². The topological polar surface area (TPSA) is 41.3 Å². The van der Waals surface area contributed by atoms with Crippen LogP contribution in [0.5, 0.6) is 0 Å². The number of benzene rings is 2. The van der Waals surface area contributed by atoms with Gasteiger partial charge in [0, 0.05) is 41.2 Å². The van der Waals surface area contributed by atoms with Crippen molar-refractivity contribution in [3.8, 4) is 0 Å². The Morgan fingerprint density at radius 2 is 1.80 bits per heavy atom. The smallest absolute Gasteiger partial charge is 0.106 e. The number of nitrogens with two attached hydrogens (primary N) is 1. The minimum atomic E-state index is 0.380. The summed E-state index contributed by atoms with van der Waals surface area (Å²) in [4.78, 5) is 2.44. The molecular formula is C15H16BrN3S. The van der Waals surface area contributed by atoms with Crippen molar-refractivity contribution in [3.05, 3.63) is 52.5 Å². The zero-order valence-corrected chi connectivity index (χ0v) is 13.8. The molecule has 5 heteroatoms. The number of hydrogen-bond donors (Lipinski definition) is 2. The molecule has 2 rings (SSSR count). The highest BCUT2D eigenvalue weighted by atomic mass is 79.9. The van der Waals surface area contributed by atoms with Crippen molar-refractivity contribution in [1.82, 2.24) is 0 Å². The molecule has 3 N–H and O–H groups in total. The first-order valence-electron chi connectivity index (χ1n) is 6.11. The normalized spacial score (nSPS) is 10.2. The Bertz CT molecular complexity index is 624. The minimum Gasteiger partial charge on any atom is -0.389 e. The molecule has 0 saturated heterocycles. The van der Waals surface area contributed by atoms with Crippen LogP contribution in [0.3, 0.4) is 0 Å². The van der Waals surface area contributed by atoms with Gasteiger partial charge in [0.25, 0.3) is 0 Å². The Morgan fingerprint density at radius 1 is 1.15 bits per heavy atom. The van der Waals surface area contributed by atoms with Crippen LogP contribution in [0.15, 0.2) is 46.9 Å². The summed E-state index contributed by atoms with van der Waals surface area (Å²) in [6.07, 6.45) is 0. The first-order valence-corrected chi connectivity index (χ1v) is 7.31. The molecule has 0 radical (unpaired) electrons. The molecule has 0 bridgehead atoms. The summed E-state index contributed by atoms with van der Waals surface area (Å²) >= 11 is 8.54. The van der Waals surface area contributed by atoms with Crippen molar-refractivity contribution in [3.63, 3.8) is 0 Å². The average molecular weight is 350 g/mol. The van der Waals surface area contributed by atoms with Crippen molar-refractivity contribution < 1.29 is 0 Å². The third kappa shape index (κ3) is 3.49. The SMILES string of the molecule is CN(C)c1ccc(Nc2cc(Br)ccc2C(N)=S)cc1. The molecule has 0 saturated carbocycles. The molecule has 0 fully saturated rings. The first-order chi connectivity index (χ1) is 9.47. The Labute approximate surface area is 132 Å². The highest BCUT2D eigenvalue weighted by Gasteiger charge is 2.06. The molecule has 0 atom stereocenters.